The molecule has 3 rings (SSSR count). The molecule has 0 saturated carbocycles. The lowest BCUT2D eigenvalue weighted by Gasteiger charge is -2.09. The van der Waals surface area contributed by atoms with E-state index >= 15 is 0 Å². The molecule has 4 nitrogen and oxygen atoms in total. The number of anilines is 1. The average molecular weight is 273 g/mol. The number of nitrogen functional groups attached to an aromatic ring is 1. The maximum absolute atomic E-state index is 5.89. The maximum Gasteiger partial charge on any atom is 0.195 e. The predicted molar refractivity (Wildman–Crippen MR) is 78.9 cm³/mol. The van der Waals surface area contributed by atoms with E-state index in [2.05, 4.69) is 18.0 Å². The van der Waals surface area contributed by atoms with Gasteiger partial charge < -0.3 is 10.5 Å². The molecule has 19 heavy (non-hydrogen) atoms. The number of thiazole rings is 1. The average Bonchev–Trinajstić information content (AvgIpc) is 2.94. The highest BCUT2D eigenvalue weighted by Crippen LogP contribution is 2.31. The van der Waals surface area contributed by atoms with Gasteiger partial charge in [0, 0.05) is 17.1 Å². The molecule has 0 aliphatic heterocycles. The third-order valence-electron chi connectivity index (χ3n) is 3.25. The van der Waals surface area contributed by atoms with Gasteiger partial charge in [-0.3, -0.25) is 4.40 Å². The van der Waals surface area contributed by atoms with Crippen LogP contribution in [0.1, 0.15) is 11.1 Å². The molecule has 0 aliphatic rings. The summed E-state index contributed by atoms with van der Waals surface area (Å²) in [5, 5.41) is 1.90. The van der Waals surface area contributed by atoms with Gasteiger partial charge in [-0.2, -0.15) is 0 Å². The number of imidazole rings is 1. The Hall–Kier alpha value is -2.01. The van der Waals surface area contributed by atoms with Crippen molar-refractivity contribution >= 4 is 22.1 Å². The monoisotopic (exact) mass is 273 g/mol. The Kier molecular flexibility index (Phi) is 2.71. The zero-order valence-electron chi connectivity index (χ0n) is 11.1. The summed E-state index contributed by atoms with van der Waals surface area (Å²) >= 11 is 1.55. The Morgan fingerprint density at radius 2 is 2.05 bits per heavy atom. The zero-order valence-corrected chi connectivity index (χ0v) is 11.9. The van der Waals surface area contributed by atoms with Crippen molar-refractivity contribution in [3.63, 3.8) is 0 Å². The lowest BCUT2D eigenvalue weighted by molar-refractivity contribution is 0.411. The number of aryl methyl sites for hydroxylation is 2. The molecule has 0 saturated heterocycles. The van der Waals surface area contributed by atoms with Crippen molar-refractivity contribution in [3.8, 4) is 17.0 Å². The fourth-order valence-electron chi connectivity index (χ4n) is 2.22. The van der Waals surface area contributed by atoms with Gasteiger partial charge in [-0.25, -0.2) is 4.98 Å². The van der Waals surface area contributed by atoms with Crippen molar-refractivity contribution in [2.75, 3.05) is 12.8 Å². The molecule has 0 bridgehead atoms. The molecule has 1 aromatic carbocycles. The first kappa shape index (κ1) is 12.0. The SMILES string of the molecule is COc1cc(C)c(-c2cn3c(N)csc3n2)cc1C. The molecule has 0 aliphatic carbocycles. The maximum atomic E-state index is 5.89. The van der Waals surface area contributed by atoms with Crippen LogP contribution in [0.4, 0.5) is 5.82 Å². The second kappa shape index (κ2) is 4.28. The Morgan fingerprint density at radius 3 is 2.74 bits per heavy atom. The quantitative estimate of drug-likeness (QED) is 0.779. The van der Waals surface area contributed by atoms with Gasteiger partial charge >= 0.3 is 0 Å². The molecular weight excluding hydrogens is 258 g/mol. The third-order valence-corrected chi connectivity index (χ3v) is 4.11. The first-order valence-electron chi connectivity index (χ1n) is 5.98. The molecule has 3 aromatic rings. The van der Waals surface area contributed by atoms with Gasteiger partial charge in [0.1, 0.15) is 11.6 Å². The normalized spacial score (nSPS) is 11.1. The molecular formula is C14H15N3OS. The largest absolute Gasteiger partial charge is 0.496 e. The van der Waals surface area contributed by atoms with Gasteiger partial charge in [-0.1, -0.05) is 0 Å². The first-order valence-corrected chi connectivity index (χ1v) is 6.86. The van der Waals surface area contributed by atoms with Gasteiger partial charge in [-0.15, -0.1) is 11.3 Å². The number of nitrogens with two attached hydrogens (primary N) is 1. The molecule has 0 spiro atoms. The minimum absolute atomic E-state index is 0.724. The van der Waals surface area contributed by atoms with E-state index in [4.69, 9.17) is 10.5 Å². The number of ether oxygens (including phenoxy) is 1. The van der Waals surface area contributed by atoms with Crippen LogP contribution in [0.2, 0.25) is 0 Å². The van der Waals surface area contributed by atoms with E-state index in [9.17, 15) is 0 Å². The number of hydrogen-bond donors (Lipinski definition) is 1. The number of hydrogen-bond acceptors (Lipinski definition) is 4. The number of rotatable bonds is 2. The van der Waals surface area contributed by atoms with Gasteiger partial charge in [0.25, 0.3) is 0 Å². The number of nitrogens with zero attached hydrogens (tertiary/aromatic N) is 2. The number of fused-ring (bicyclic) bond motifs is 1. The second-order valence-electron chi connectivity index (χ2n) is 4.58. The number of aromatic nitrogens is 2. The van der Waals surface area contributed by atoms with Crippen LogP contribution in [0.25, 0.3) is 16.2 Å². The summed E-state index contributed by atoms with van der Waals surface area (Å²) in [6.07, 6.45) is 1.98. The summed E-state index contributed by atoms with van der Waals surface area (Å²) < 4.78 is 7.25. The van der Waals surface area contributed by atoms with Crippen LogP contribution < -0.4 is 10.5 Å². The molecule has 5 heteroatoms. The van der Waals surface area contributed by atoms with Crippen molar-refractivity contribution in [1.82, 2.24) is 9.38 Å². The Morgan fingerprint density at radius 1 is 1.26 bits per heavy atom. The Bertz CT molecular complexity index is 757. The summed E-state index contributed by atoms with van der Waals surface area (Å²) in [6.45, 7) is 4.10. The molecule has 2 aromatic heterocycles. The van der Waals surface area contributed by atoms with E-state index in [0.717, 1.165) is 38.9 Å². The van der Waals surface area contributed by atoms with Crippen molar-refractivity contribution in [2.45, 2.75) is 13.8 Å². The Labute approximate surface area is 115 Å². The van der Waals surface area contributed by atoms with Crippen molar-refractivity contribution < 1.29 is 4.74 Å². The van der Waals surface area contributed by atoms with Gasteiger partial charge in [0.15, 0.2) is 4.96 Å². The molecule has 2 heterocycles. The van der Waals surface area contributed by atoms with Gasteiger partial charge in [0.05, 0.1) is 12.8 Å². The minimum atomic E-state index is 0.724. The highest BCUT2D eigenvalue weighted by molar-refractivity contribution is 7.15. The number of benzene rings is 1. The lowest BCUT2D eigenvalue weighted by atomic mass is 10.0. The van der Waals surface area contributed by atoms with Crippen LogP contribution in [-0.4, -0.2) is 16.5 Å². The fourth-order valence-corrected chi connectivity index (χ4v) is 2.98. The molecule has 0 atom stereocenters. The van der Waals surface area contributed by atoms with E-state index in [-0.39, 0.29) is 0 Å². The summed E-state index contributed by atoms with van der Waals surface area (Å²) in [6, 6.07) is 4.15. The van der Waals surface area contributed by atoms with Gasteiger partial charge in [-0.05, 0) is 37.1 Å². The Balaban J connectivity index is 2.17. The molecule has 0 amide bonds. The second-order valence-corrected chi connectivity index (χ2v) is 5.41. The van der Waals surface area contributed by atoms with Crippen LogP contribution >= 0.6 is 11.3 Å². The summed E-state index contributed by atoms with van der Waals surface area (Å²) in [7, 11) is 1.69. The van der Waals surface area contributed by atoms with Crippen molar-refractivity contribution in [1.29, 1.82) is 0 Å². The van der Waals surface area contributed by atoms with E-state index in [1.807, 2.05) is 29.0 Å². The molecule has 0 fully saturated rings. The molecule has 2 N–H and O–H groups in total. The smallest absolute Gasteiger partial charge is 0.195 e. The highest BCUT2D eigenvalue weighted by Gasteiger charge is 2.12. The highest BCUT2D eigenvalue weighted by atomic mass is 32.1. The standard InChI is InChI=1S/C14H15N3OS/c1-8-5-12(18-3)9(2)4-10(8)11-6-17-13(15)7-19-14(17)16-11/h4-7H,15H2,1-3H3. The number of methoxy groups -OCH3 is 1. The van der Waals surface area contributed by atoms with Gasteiger partial charge in [0.2, 0.25) is 0 Å². The minimum Gasteiger partial charge on any atom is -0.496 e. The van der Waals surface area contributed by atoms with E-state index in [1.54, 1.807) is 18.4 Å². The van der Waals surface area contributed by atoms with Crippen molar-refractivity contribution in [3.05, 3.63) is 34.8 Å². The van der Waals surface area contributed by atoms with E-state index in [0.29, 0.717) is 0 Å². The van der Waals surface area contributed by atoms with Crippen LogP contribution in [0.3, 0.4) is 0 Å². The van der Waals surface area contributed by atoms with E-state index in [1.165, 1.54) is 0 Å². The molecule has 0 unspecified atom stereocenters. The fraction of sp³-hybridized carbons (Fsp3) is 0.214. The summed E-state index contributed by atoms with van der Waals surface area (Å²) in [5.74, 6) is 1.63. The van der Waals surface area contributed by atoms with Crippen LogP contribution in [0.5, 0.6) is 5.75 Å². The third kappa shape index (κ3) is 1.86. The topological polar surface area (TPSA) is 52.5 Å². The van der Waals surface area contributed by atoms with Crippen LogP contribution in [-0.2, 0) is 0 Å². The van der Waals surface area contributed by atoms with Crippen LogP contribution in [0, 0.1) is 13.8 Å². The predicted octanol–water partition coefficient (Wildman–Crippen LogP) is 3.27. The molecule has 98 valence electrons. The van der Waals surface area contributed by atoms with E-state index < -0.39 is 0 Å². The summed E-state index contributed by atoms with van der Waals surface area (Å²) in [5.41, 5.74) is 10.2. The van der Waals surface area contributed by atoms with Crippen LogP contribution in [0.15, 0.2) is 23.7 Å². The zero-order chi connectivity index (χ0) is 13.6. The van der Waals surface area contributed by atoms with Crippen molar-refractivity contribution in [2.24, 2.45) is 0 Å². The molecule has 0 radical (unpaired) electrons. The summed E-state index contributed by atoms with van der Waals surface area (Å²) in [4.78, 5) is 5.54. The first-order chi connectivity index (χ1) is 9.10. The lowest BCUT2D eigenvalue weighted by Crippen LogP contribution is -1.91.